The van der Waals surface area contributed by atoms with E-state index in [0.717, 1.165) is 5.69 Å². The number of carbonyl (C=O) groups is 1. The quantitative estimate of drug-likeness (QED) is 0.505. The van der Waals surface area contributed by atoms with Gasteiger partial charge in [-0.1, -0.05) is 0 Å². The molecule has 0 spiro atoms. The first-order valence-electron chi connectivity index (χ1n) is 9.17. The van der Waals surface area contributed by atoms with E-state index < -0.39 is 6.03 Å². The molecule has 0 aliphatic carbocycles. The van der Waals surface area contributed by atoms with Gasteiger partial charge in [-0.2, -0.15) is 0 Å². The van der Waals surface area contributed by atoms with Gasteiger partial charge in [-0.3, -0.25) is 5.41 Å². The summed E-state index contributed by atoms with van der Waals surface area (Å²) < 4.78 is 15.8. The third kappa shape index (κ3) is 3.72. The molecule has 3 aromatic rings. The van der Waals surface area contributed by atoms with Crippen LogP contribution >= 0.6 is 0 Å². The van der Waals surface area contributed by atoms with Crippen molar-refractivity contribution in [1.29, 1.82) is 5.41 Å². The lowest BCUT2D eigenvalue weighted by molar-refractivity contribution is 0.262. The highest BCUT2D eigenvalue weighted by atomic mass is 16.5. The van der Waals surface area contributed by atoms with E-state index in [0.29, 0.717) is 46.8 Å². The van der Waals surface area contributed by atoms with Crippen molar-refractivity contribution in [2.24, 2.45) is 0 Å². The van der Waals surface area contributed by atoms with Crippen molar-refractivity contribution < 1.29 is 18.7 Å². The molecule has 0 atom stereocenters. The fraction of sp³-hybridized carbons (Fsp3) is 0.143. The van der Waals surface area contributed by atoms with Crippen LogP contribution in [-0.2, 0) is 0 Å². The van der Waals surface area contributed by atoms with Crippen LogP contribution in [0.4, 0.5) is 27.7 Å². The number of fused-ring (bicyclic) bond motifs is 1. The van der Waals surface area contributed by atoms with Gasteiger partial charge in [-0.15, -0.1) is 0 Å². The van der Waals surface area contributed by atoms with Gasteiger partial charge >= 0.3 is 6.03 Å². The Hall–Kier alpha value is -4.14. The molecule has 9 nitrogen and oxygen atoms in total. The van der Waals surface area contributed by atoms with Gasteiger partial charge in [0.1, 0.15) is 17.3 Å². The highest BCUT2D eigenvalue weighted by molar-refractivity contribution is 6.12. The lowest BCUT2D eigenvalue weighted by atomic mass is 10.2. The van der Waals surface area contributed by atoms with Crippen LogP contribution in [0.1, 0.15) is 5.56 Å². The van der Waals surface area contributed by atoms with Crippen LogP contribution in [0.5, 0.6) is 11.5 Å². The Morgan fingerprint density at radius 1 is 1.10 bits per heavy atom. The van der Waals surface area contributed by atoms with Crippen molar-refractivity contribution in [3.05, 3.63) is 60.4 Å². The molecule has 4 N–H and O–H groups in total. The first-order chi connectivity index (χ1) is 14.6. The molecule has 0 radical (unpaired) electrons. The Bertz CT molecular complexity index is 1080. The molecule has 0 fully saturated rings. The predicted octanol–water partition coefficient (Wildman–Crippen LogP) is 4.16. The Labute approximate surface area is 173 Å². The van der Waals surface area contributed by atoms with E-state index >= 15 is 0 Å². The third-order valence-electron chi connectivity index (χ3n) is 4.68. The monoisotopic (exact) mass is 407 g/mol. The zero-order valence-electron chi connectivity index (χ0n) is 16.5. The van der Waals surface area contributed by atoms with E-state index in [-0.39, 0.29) is 0 Å². The van der Waals surface area contributed by atoms with Crippen molar-refractivity contribution >= 4 is 34.8 Å². The van der Waals surface area contributed by atoms with E-state index in [1.807, 2.05) is 17.0 Å². The van der Waals surface area contributed by atoms with Crippen molar-refractivity contribution in [3.63, 3.8) is 0 Å². The second kappa shape index (κ2) is 8.08. The summed E-state index contributed by atoms with van der Waals surface area (Å²) in [6.07, 6.45) is 1.55. The van der Waals surface area contributed by atoms with Crippen LogP contribution in [0.25, 0.3) is 0 Å². The summed E-state index contributed by atoms with van der Waals surface area (Å²) in [7, 11) is 3.08. The van der Waals surface area contributed by atoms with Crippen LogP contribution in [0.15, 0.2) is 59.2 Å². The minimum atomic E-state index is -0.412. The summed E-state index contributed by atoms with van der Waals surface area (Å²) in [6, 6.07) is 13.7. The van der Waals surface area contributed by atoms with Crippen LogP contribution in [0.3, 0.4) is 0 Å². The van der Waals surface area contributed by atoms with Crippen LogP contribution in [-0.4, -0.2) is 32.8 Å². The summed E-state index contributed by atoms with van der Waals surface area (Å²) in [5.41, 5.74) is 2.63. The molecule has 154 valence electrons. The lowest BCUT2D eigenvalue weighted by Crippen LogP contribution is -2.39. The third-order valence-corrected chi connectivity index (χ3v) is 4.68. The first-order valence-corrected chi connectivity index (χ1v) is 9.17. The maximum atomic E-state index is 12.4. The lowest BCUT2D eigenvalue weighted by Gasteiger charge is -2.29. The smallest absolute Gasteiger partial charge is 0.323 e. The number of methoxy groups -OCH3 is 2. The number of nitrogens with zero attached hydrogens (tertiary/aromatic N) is 1. The number of hydrogen-bond acceptors (Lipinski definition) is 6. The summed E-state index contributed by atoms with van der Waals surface area (Å²) >= 11 is 0. The van der Waals surface area contributed by atoms with Gasteiger partial charge in [0.15, 0.2) is 0 Å². The second-order valence-electron chi connectivity index (χ2n) is 6.47. The molecule has 9 heteroatoms. The molecule has 0 saturated heterocycles. The minimum Gasteiger partial charge on any atom is -0.497 e. The van der Waals surface area contributed by atoms with E-state index in [4.69, 9.17) is 19.3 Å². The fourth-order valence-electron chi connectivity index (χ4n) is 3.15. The Kier molecular flexibility index (Phi) is 5.17. The number of urea groups is 1. The van der Waals surface area contributed by atoms with Crippen LogP contribution < -0.4 is 30.3 Å². The Morgan fingerprint density at radius 3 is 2.63 bits per heavy atom. The predicted molar refractivity (Wildman–Crippen MR) is 115 cm³/mol. The highest BCUT2D eigenvalue weighted by Crippen LogP contribution is 2.30. The molecule has 0 bridgehead atoms. The largest absolute Gasteiger partial charge is 0.497 e. The van der Waals surface area contributed by atoms with Crippen molar-refractivity contribution in [1.82, 2.24) is 0 Å². The SMILES string of the molecule is COc1ccc(OC)c(NC(=O)Nc2ccc(N3CNc4occc4C3=N)cc2)c1. The number of anilines is 4. The number of nitrogens with one attached hydrogen (secondary N) is 4. The average Bonchev–Trinajstić information content (AvgIpc) is 3.24. The summed E-state index contributed by atoms with van der Waals surface area (Å²) in [6.45, 7) is 0.419. The van der Waals surface area contributed by atoms with Gasteiger partial charge in [0.2, 0.25) is 5.88 Å². The van der Waals surface area contributed by atoms with Gasteiger partial charge in [-0.05, 0) is 42.5 Å². The molecular formula is C21H21N5O4. The highest BCUT2D eigenvalue weighted by Gasteiger charge is 2.24. The van der Waals surface area contributed by atoms with Crippen molar-refractivity contribution in [3.8, 4) is 11.5 Å². The maximum absolute atomic E-state index is 12.4. The van der Waals surface area contributed by atoms with E-state index in [9.17, 15) is 4.79 Å². The summed E-state index contributed by atoms with van der Waals surface area (Å²) in [4.78, 5) is 14.2. The standard InChI is InChI=1S/C21H21N5O4/c1-28-15-7-8-18(29-2)17(11-15)25-21(27)24-13-3-5-14(6-4-13)26-12-23-20-16(19(26)22)9-10-30-20/h3-11,22-23H,12H2,1-2H3,(H2,24,25,27). The summed E-state index contributed by atoms with van der Waals surface area (Å²) in [5.74, 6) is 2.07. The number of carbonyl (C=O) groups excluding carboxylic acids is 1. The molecule has 0 saturated carbocycles. The Balaban J connectivity index is 1.43. The van der Waals surface area contributed by atoms with Gasteiger partial charge in [0, 0.05) is 17.4 Å². The van der Waals surface area contributed by atoms with Crippen molar-refractivity contribution in [2.75, 3.05) is 41.7 Å². The topological polar surface area (TPSA) is 112 Å². The number of hydrogen-bond donors (Lipinski definition) is 4. The summed E-state index contributed by atoms with van der Waals surface area (Å²) in [5, 5.41) is 17.0. The molecule has 1 aliphatic heterocycles. The van der Waals surface area contributed by atoms with E-state index in [2.05, 4.69) is 16.0 Å². The zero-order valence-corrected chi connectivity index (χ0v) is 16.5. The zero-order chi connectivity index (χ0) is 21.1. The molecular weight excluding hydrogens is 386 g/mol. The van der Waals surface area contributed by atoms with Crippen LogP contribution in [0.2, 0.25) is 0 Å². The van der Waals surface area contributed by atoms with E-state index in [1.54, 1.807) is 49.8 Å². The minimum absolute atomic E-state index is 0.348. The van der Waals surface area contributed by atoms with E-state index in [1.165, 1.54) is 7.11 Å². The Morgan fingerprint density at radius 2 is 1.90 bits per heavy atom. The van der Waals surface area contributed by atoms with Gasteiger partial charge in [0.25, 0.3) is 0 Å². The number of benzene rings is 2. The molecule has 2 aromatic carbocycles. The van der Waals surface area contributed by atoms with Gasteiger partial charge in [-0.25, -0.2) is 4.79 Å². The number of furan rings is 1. The normalized spacial score (nSPS) is 12.6. The van der Waals surface area contributed by atoms with Crippen molar-refractivity contribution in [2.45, 2.75) is 0 Å². The average molecular weight is 407 g/mol. The molecule has 2 amide bonds. The molecule has 4 rings (SSSR count). The molecule has 1 aliphatic rings. The van der Waals surface area contributed by atoms with Crippen LogP contribution in [0, 0.1) is 5.41 Å². The first kappa shape index (κ1) is 19.2. The molecule has 2 heterocycles. The van der Waals surface area contributed by atoms with Gasteiger partial charge in [0.05, 0.1) is 38.4 Å². The van der Waals surface area contributed by atoms with Gasteiger partial charge < -0.3 is 34.7 Å². The maximum Gasteiger partial charge on any atom is 0.323 e. The number of amidine groups is 1. The molecule has 30 heavy (non-hydrogen) atoms. The second-order valence-corrected chi connectivity index (χ2v) is 6.47. The fourth-order valence-corrected chi connectivity index (χ4v) is 3.15. The number of amides is 2. The number of ether oxygens (including phenoxy) is 2. The number of rotatable bonds is 5. The molecule has 0 unspecified atom stereocenters. The molecule has 1 aromatic heterocycles.